The summed E-state index contributed by atoms with van der Waals surface area (Å²) in [5.74, 6) is 0.204. The number of nitrogens with zero attached hydrogens (tertiary/aromatic N) is 1. The van der Waals surface area contributed by atoms with Gasteiger partial charge in [-0.25, -0.2) is 0 Å². The first kappa shape index (κ1) is 19.2. The Balaban J connectivity index is 0.00000180. The van der Waals surface area contributed by atoms with Crippen LogP contribution in [0.4, 0.5) is 11.4 Å². The zero-order valence-electron chi connectivity index (χ0n) is 9.97. The Morgan fingerprint density at radius 3 is 2.20 bits per heavy atom. The molecule has 0 unspecified atom stereocenters. The maximum absolute atomic E-state index is 9.42. The summed E-state index contributed by atoms with van der Waals surface area (Å²) in [6, 6.07) is 9.23. The zero-order chi connectivity index (χ0) is 13.1. The SMILES string of the molecule is Nc1c(Cl)cc(O)cc1C=Nc1ccc(O)cc1.[Pt].[Pt]. The molecule has 2 aromatic carbocycles. The normalized spacial score (nSPS) is 9.85. The van der Waals surface area contributed by atoms with Crippen LogP contribution >= 0.6 is 11.6 Å². The molecule has 0 spiro atoms. The van der Waals surface area contributed by atoms with Crippen LogP contribution in [-0.2, 0) is 42.1 Å². The van der Waals surface area contributed by atoms with Crippen molar-refractivity contribution >= 4 is 29.2 Å². The largest absolute Gasteiger partial charge is 0.508 e. The second-order valence-corrected chi connectivity index (χ2v) is 4.11. The van der Waals surface area contributed by atoms with Crippen LogP contribution in [0, 0.1) is 0 Å². The Morgan fingerprint density at radius 1 is 1.00 bits per heavy atom. The number of nitrogen functional groups attached to an aromatic ring is 1. The number of halogens is 1. The van der Waals surface area contributed by atoms with Crippen LogP contribution in [0.15, 0.2) is 41.4 Å². The molecule has 0 saturated carbocycles. The first-order valence-electron chi connectivity index (χ1n) is 5.17. The molecule has 0 radical (unpaired) electrons. The Labute approximate surface area is 150 Å². The molecule has 2 rings (SSSR count). The van der Waals surface area contributed by atoms with E-state index in [1.807, 2.05) is 0 Å². The van der Waals surface area contributed by atoms with Gasteiger partial charge >= 0.3 is 0 Å². The molecule has 4 nitrogen and oxygen atoms in total. The van der Waals surface area contributed by atoms with Gasteiger partial charge in [0.1, 0.15) is 11.5 Å². The second-order valence-electron chi connectivity index (χ2n) is 3.71. The van der Waals surface area contributed by atoms with Crippen molar-refractivity contribution in [1.29, 1.82) is 0 Å². The number of phenols is 2. The maximum Gasteiger partial charge on any atom is 0.117 e. The number of benzene rings is 2. The maximum atomic E-state index is 9.42. The number of anilines is 1. The van der Waals surface area contributed by atoms with E-state index in [0.29, 0.717) is 16.9 Å². The molecule has 0 amide bonds. The van der Waals surface area contributed by atoms with E-state index in [4.69, 9.17) is 22.4 Å². The van der Waals surface area contributed by atoms with E-state index in [9.17, 15) is 5.11 Å². The fourth-order valence-electron chi connectivity index (χ4n) is 1.41. The Hall–Kier alpha value is -0.823. The van der Waals surface area contributed by atoms with Crippen molar-refractivity contribution in [2.75, 3.05) is 5.73 Å². The summed E-state index contributed by atoms with van der Waals surface area (Å²) in [6.07, 6.45) is 1.51. The molecular formula is C13H11ClN2O2Pt2. The first-order valence-corrected chi connectivity index (χ1v) is 5.55. The number of hydrogen-bond donors (Lipinski definition) is 3. The summed E-state index contributed by atoms with van der Waals surface area (Å²) in [5, 5.41) is 18.8. The molecule has 0 atom stereocenters. The molecule has 4 N–H and O–H groups in total. The van der Waals surface area contributed by atoms with Crippen LogP contribution in [-0.4, -0.2) is 16.4 Å². The predicted molar refractivity (Wildman–Crippen MR) is 72.9 cm³/mol. The van der Waals surface area contributed by atoms with Gasteiger partial charge in [0.2, 0.25) is 0 Å². The summed E-state index contributed by atoms with van der Waals surface area (Å²) < 4.78 is 0. The Kier molecular flexibility index (Phi) is 8.11. The van der Waals surface area contributed by atoms with E-state index in [0.717, 1.165) is 0 Å². The Morgan fingerprint density at radius 2 is 1.60 bits per heavy atom. The third-order valence-corrected chi connectivity index (χ3v) is 2.66. The van der Waals surface area contributed by atoms with E-state index in [1.165, 1.54) is 30.5 Å². The van der Waals surface area contributed by atoms with E-state index in [-0.39, 0.29) is 58.7 Å². The number of hydrogen-bond acceptors (Lipinski definition) is 4. The molecular weight excluding hydrogens is 642 g/mol. The van der Waals surface area contributed by atoms with Crippen molar-refractivity contribution in [2.45, 2.75) is 0 Å². The van der Waals surface area contributed by atoms with Crippen LogP contribution < -0.4 is 5.73 Å². The minimum Gasteiger partial charge on any atom is -0.508 e. The monoisotopic (exact) mass is 652 g/mol. The number of rotatable bonds is 2. The van der Waals surface area contributed by atoms with E-state index >= 15 is 0 Å². The fourth-order valence-corrected chi connectivity index (χ4v) is 1.63. The van der Waals surface area contributed by atoms with Gasteiger partial charge in [-0.1, -0.05) is 11.6 Å². The van der Waals surface area contributed by atoms with E-state index in [2.05, 4.69) is 4.99 Å². The van der Waals surface area contributed by atoms with Gasteiger partial charge in [0.25, 0.3) is 0 Å². The molecule has 0 bridgehead atoms. The molecule has 0 aliphatic carbocycles. The van der Waals surface area contributed by atoms with Crippen LogP contribution in [0.25, 0.3) is 0 Å². The van der Waals surface area contributed by atoms with Gasteiger partial charge in [-0.2, -0.15) is 0 Å². The van der Waals surface area contributed by atoms with Crippen molar-refractivity contribution in [3.63, 3.8) is 0 Å². The third-order valence-electron chi connectivity index (χ3n) is 2.35. The van der Waals surface area contributed by atoms with Crippen molar-refractivity contribution in [3.05, 3.63) is 47.0 Å². The molecule has 7 heteroatoms. The summed E-state index contributed by atoms with van der Waals surface area (Å²) >= 11 is 5.84. The van der Waals surface area contributed by atoms with Crippen molar-refractivity contribution in [3.8, 4) is 11.5 Å². The molecule has 0 fully saturated rings. The summed E-state index contributed by atoms with van der Waals surface area (Å²) in [5.41, 5.74) is 7.32. The van der Waals surface area contributed by atoms with Gasteiger partial charge in [-0.3, -0.25) is 4.99 Å². The van der Waals surface area contributed by atoms with Crippen LogP contribution in [0.1, 0.15) is 5.56 Å². The summed E-state index contributed by atoms with van der Waals surface area (Å²) in [6.45, 7) is 0. The standard InChI is InChI=1S/C13H11ClN2O2.2Pt/c14-12-6-11(18)5-8(13(12)15)7-16-9-1-3-10(17)4-2-9;;/h1-7,17-18H,15H2;;. The molecule has 0 aromatic heterocycles. The molecule has 0 saturated heterocycles. The third kappa shape index (κ3) is 4.94. The smallest absolute Gasteiger partial charge is 0.117 e. The minimum atomic E-state index is 0. The number of phenolic OH excluding ortho intramolecular Hbond substituents is 2. The minimum absolute atomic E-state index is 0. The van der Waals surface area contributed by atoms with Gasteiger partial charge in [-0.15, -0.1) is 0 Å². The van der Waals surface area contributed by atoms with Gasteiger partial charge in [0.05, 0.1) is 16.4 Å². The molecule has 0 heterocycles. The second kappa shape index (κ2) is 8.46. The van der Waals surface area contributed by atoms with Gasteiger partial charge in [0.15, 0.2) is 0 Å². The fraction of sp³-hybridized carbons (Fsp3) is 0. The summed E-state index contributed by atoms with van der Waals surface area (Å²) in [4.78, 5) is 4.17. The Bertz CT molecular complexity index is 604. The van der Waals surface area contributed by atoms with Gasteiger partial charge in [-0.05, 0) is 30.3 Å². The number of aliphatic imine (C=N–C) groups is 1. The molecule has 2 aromatic rings. The van der Waals surface area contributed by atoms with E-state index < -0.39 is 0 Å². The molecule has 20 heavy (non-hydrogen) atoms. The van der Waals surface area contributed by atoms with Crippen LogP contribution in [0.3, 0.4) is 0 Å². The van der Waals surface area contributed by atoms with Crippen molar-refractivity contribution < 1.29 is 52.3 Å². The molecule has 0 aliphatic heterocycles. The van der Waals surface area contributed by atoms with E-state index in [1.54, 1.807) is 12.1 Å². The molecule has 112 valence electrons. The van der Waals surface area contributed by atoms with Crippen molar-refractivity contribution in [2.24, 2.45) is 4.99 Å². The quantitative estimate of drug-likeness (QED) is 0.265. The topological polar surface area (TPSA) is 78.8 Å². The van der Waals surface area contributed by atoms with Crippen LogP contribution in [0.2, 0.25) is 5.02 Å². The van der Waals surface area contributed by atoms with Gasteiger partial charge in [0, 0.05) is 60.0 Å². The first-order chi connectivity index (χ1) is 8.56. The average Bonchev–Trinajstić information content (AvgIpc) is 2.34. The predicted octanol–water partition coefficient (Wildman–Crippen LogP) is 3.08. The van der Waals surface area contributed by atoms with Crippen LogP contribution in [0.5, 0.6) is 11.5 Å². The zero-order valence-corrected chi connectivity index (χ0v) is 15.3. The van der Waals surface area contributed by atoms with Crippen molar-refractivity contribution in [1.82, 2.24) is 0 Å². The number of aromatic hydroxyl groups is 2. The van der Waals surface area contributed by atoms with Gasteiger partial charge < -0.3 is 15.9 Å². The molecule has 0 aliphatic rings. The summed E-state index contributed by atoms with van der Waals surface area (Å²) in [7, 11) is 0. The average molecular weight is 653 g/mol. The number of nitrogens with two attached hydrogens (primary N) is 1.